The van der Waals surface area contributed by atoms with Crippen molar-refractivity contribution in [1.82, 2.24) is 0 Å². The lowest BCUT2D eigenvalue weighted by Gasteiger charge is -2.05. The van der Waals surface area contributed by atoms with Crippen molar-refractivity contribution in [2.45, 2.75) is 97.3 Å². The highest BCUT2D eigenvalue weighted by atomic mass is 16.6. The maximum Gasteiger partial charge on any atom is 0.332 e. The molecule has 1 atom stereocenters. The van der Waals surface area contributed by atoms with Crippen LogP contribution in [-0.4, -0.2) is 25.8 Å². The lowest BCUT2D eigenvalue weighted by atomic mass is 10.1. The highest BCUT2D eigenvalue weighted by molar-refractivity contribution is 5.70. The van der Waals surface area contributed by atoms with Crippen molar-refractivity contribution >= 4 is 5.97 Å². The van der Waals surface area contributed by atoms with Gasteiger partial charge in [-0.3, -0.25) is 0 Å². The van der Waals surface area contributed by atoms with Crippen LogP contribution in [0.15, 0.2) is 0 Å². The summed E-state index contributed by atoms with van der Waals surface area (Å²) in [6, 6.07) is 0. The summed E-state index contributed by atoms with van der Waals surface area (Å²) in [6.07, 6.45) is 15.9. The van der Waals surface area contributed by atoms with Gasteiger partial charge in [0.25, 0.3) is 0 Å². The van der Waals surface area contributed by atoms with E-state index < -0.39 is 12.6 Å². The molecule has 1 unspecified atom stereocenters. The maximum absolute atomic E-state index is 11.4. The fraction of sp³-hybridized carbons (Fsp3) is 0.947. The number of unbranched alkanes of at least 4 members (excludes halogenated alkanes) is 11. The minimum Gasteiger partial charge on any atom is -0.464 e. The van der Waals surface area contributed by atoms with Crippen molar-refractivity contribution in [3.05, 3.63) is 0 Å². The number of carbonyl (C=O) groups excluding carboxylic acids is 1. The zero-order chi connectivity index (χ0) is 17.2. The lowest BCUT2D eigenvalue weighted by molar-refractivity contribution is -0.149. The molecule has 0 saturated carbocycles. The van der Waals surface area contributed by atoms with E-state index in [4.69, 9.17) is 10.8 Å². The van der Waals surface area contributed by atoms with Gasteiger partial charge >= 0.3 is 5.97 Å². The van der Waals surface area contributed by atoms with Crippen molar-refractivity contribution in [1.29, 1.82) is 0 Å². The highest BCUT2D eigenvalue weighted by Gasteiger charge is 2.01. The number of hydrogen-bond donors (Lipinski definition) is 0. The summed E-state index contributed by atoms with van der Waals surface area (Å²) in [5.74, 6) is -0.554. The van der Waals surface area contributed by atoms with Crippen LogP contribution in [0.3, 0.4) is 0 Å². The third-order valence-corrected chi connectivity index (χ3v) is 3.79. The van der Waals surface area contributed by atoms with E-state index in [0.29, 0.717) is 13.2 Å². The van der Waals surface area contributed by atoms with E-state index in [0.717, 1.165) is 25.7 Å². The summed E-state index contributed by atoms with van der Waals surface area (Å²) < 4.78 is 17.7. The van der Waals surface area contributed by atoms with Crippen molar-refractivity contribution in [3.8, 4) is 0 Å². The van der Waals surface area contributed by atoms with E-state index in [-0.39, 0.29) is 0 Å². The zero-order valence-corrected chi connectivity index (χ0v) is 14.9. The van der Waals surface area contributed by atoms with Gasteiger partial charge in [0.05, 0.1) is 7.98 Å². The minimum atomic E-state index is -1.17. The first-order valence-corrected chi connectivity index (χ1v) is 9.42. The van der Waals surface area contributed by atoms with Crippen molar-refractivity contribution < 1.29 is 15.6 Å². The Labute approximate surface area is 139 Å². The van der Waals surface area contributed by atoms with Gasteiger partial charge in [-0.2, -0.15) is 0 Å². The van der Waals surface area contributed by atoms with Gasteiger partial charge in [-0.05, 0) is 12.8 Å². The number of rotatable bonds is 17. The third-order valence-electron chi connectivity index (χ3n) is 3.79. The van der Waals surface area contributed by atoms with Gasteiger partial charge in [0.15, 0.2) is 0 Å². The van der Waals surface area contributed by atoms with E-state index >= 15 is 0 Å². The van der Waals surface area contributed by atoms with E-state index in [2.05, 4.69) is 6.92 Å². The molecule has 0 aliphatic rings. The van der Waals surface area contributed by atoms with E-state index in [1.54, 1.807) is 0 Å². The van der Waals surface area contributed by atoms with Crippen LogP contribution in [0.25, 0.3) is 0 Å². The fourth-order valence-electron chi connectivity index (χ4n) is 2.33. The predicted molar refractivity (Wildman–Crippen MR) is 93.1 cm³/mol. The number of esters is 1. The van der Waals surface area contributed by atoms with Crippen LogP contribution in [0, 0.1) is 0 Å². The Bertz CT molecular complexity index is 259. The van der Waals surface area contributed by atoms with Gasteiger partial charge in [-0.1, -0.05) is 84.5 Å². The van der Waals surface area contributed by atoms with Crippen LogP contribution in [0.2, 0.25) is 0 Å². The van der Waals surface area contributed by atoms with Gasteiger partial charge < -0.3 is 9.47 Å². The molecule has 0 heterocycles. The minimum absolute atomic E-state index is 0.395. The average molecular weight is 317 g/mol. The standard InChI is InChI=1S/C19H38O3/c1-3-5-7-8-9-10-11-12-13-14-15-16-21-18-19(20)22-17-6-4-2/h3-18H2,1-2H3/i18T. The first-order chi connectivity index (χ1) is 11.2. The summed E-state index contributed by atoms with van der Waals surface area (Å²) >= 11 is 0. The normalized spacial score (nSPS) is 12.9. The molecule has 132 valence electrons. The molecular formula is C19H38O3. The molecule has 0 radical (unpaired) electrons. The second-order valence-electron chi connectivity index (χ2n) is 6.05. The zero-order valence-electron chi connectivity index (χ0n) is 15.9. The topological polar surface area (TPSA) is 35.5 Å². The second kappa shape index (κ2) is 18.5. The van der Waals surface area contributed by atoms with E-state index in [1.807, 2.05) is 6.92 Å². The monoisotopic (exact) mass is 316 g/mol. The molecule has 0 fully saturated rings. The van der Waals surface area contributed by atoms with Gasteiger partial charge in [0.1, 0.15) is 6.58 Å². The Morgan fingerprint density at radius 1 is 0.727 bits per heavy atom. The molecule has 0 aromatic heterocycles. The number of ether oxygens (including phenoxy) is 2. The summed E-state index contributed by atoms with van der Waals surface area (Å²) in [5, 5.41) is 0. The SMILES string of the molecule is [3H]C(OCCCCCCCCCCCCC)C(=O)OCCCC. The molecule has 22 heavy (non-hydrogen) atoms. The van der Waals surface area contributed by atoms with Gasteiger partial charge in [0.2, 0.25) is 0 Å². The van der Waals surface area contributed by atoms with Crippen molar-refractivity contribution in [3.63, 3.8) is 0 Å². The number of hydrogen-bond acceptors (Lipinski definition) is 3. The summed E-state index contributed by atoms with van der Waals surface area (Å²) in [7, 11) is 0. The molecule has 3 heteroatoms. The Morgan fingerprint density at radius 2 is 1.23 bits per heavy atom. The molecule has 3 nitrogen and oxygen atoms in total. The molecular weight excluding hydrogens is 276 g/mol. The summed E-state index contributed by atoms with van der Waals surface area (Å²) in [6.45, 7) is 3.99. The summed E-state index contributed by atoms with van der Waals surface area (Å²) in [4.78, 5) is 11.4. The molecule has 0 rings (SSSR count). The van der Waals surface area contributed by atoms with Crippen molar-refractivity contribution in [2.24, 2.45) is 0 Å². The molecule has 0 aromatic rings. The average Bonchev–Trinajstić information content (AvgIpc) is 2.55. The summed E-state index contributed by atoms with van der Waals surface area (Å²) in [5.41, 5.74) is 0. The molecule has 0 bridgehead atoms. The molecule has 0 amide bonds. The van der Waals surface area contributed by atoms with Crippen LogP contribution >= 0.6 is 0 Å². The van der Waals surface area contributed by atoms with Gasteiger partial charge in [-0.15, -0.1) is 0 Å². The van der Waals surface area contributed by atoms with Gasteiger partial charge in [0, 0.05) is 6.61 Å². The van der Waals surface area contributed by atoms with Crippen LogP contribution < -0.4 is 0 Å². The van der Waals surface area contributed by atoms with Crippen LogP contribution in [-0.2, 0) is 14.3 Å². The Hall–Kier alpha value is -0.570. The third kappa shape index (κ3) is 17.5. The smallest absolute Gasteiger partial charge is 0.332 e. The second-order valence-corrected chi connectivity index (χ2v) is 6.05. The van der Waals surface area contributed by atoms with E-state index in [1.165, 1.54) is 57.8 Å². The lowest BCUT2D eigenvalue weighted by Crippen LogP contribution is -2.13. The molecule has 0 spiro atoms. The van der Waals surface area contributed by atoms with Crippen LogP contribution in [0.1, 0.15) is 98.7 Å². The largest absolute Gasteiger partial charge is 0.464 e. The molecule has 0 N–H and O–H groups in total. The molecule has 0 aliphatic carbocycles. The maximum atomic E-state index is 11.4. The fourth-order valence-corrected chi connectivity index (χ4v) is 2.33. The molecule has 0 aromatic carbocycles. The van der Waals surface area contributed by atoms with Crippen LogP contribution in [0.5, 0.6) is 0 Å². The van der Waals surface area contributed by atoms with Gasteiger partial charge in [-0.25, -0.2) is 4.79 Å². The Morgan fingerprint density at radius 3 is 1.77 bits per heavy atom. The van der Waals surface area contributed by atoms with E-state index in [9.17, 15) is 4.79 Å². The highest BCUT2D eigenvalue weighted by Crippen LogP contribution is 2.11. The van der Waals surface area contributed by atoms with Crippen molar-refractivity contribution in [2.75, 3.05) is 19.8 Å². The Balaban J connectivity index is 3.24. The Kier molecular flexibility index (Phi) is 16.4. The first-order valence-electron chi connectivity index (χ1n) is 10.0. The quantitative estimate of drug-likeness (QED) is 0.257. The van der Waals surface area contributed by atoms with Crippen LogP contribution in [0.4, 0.5) is 0 Å². The first kappa shape index (κ1) is 19.5. The molecule has 0 saturated heterocycles. The number of carbonyl (C=O) groups is 1. The predicted octanol–water partition coefficient (Wildman–Crippen LogP) is 5.66. The molecule has 0 aliphatic heterocycles.